The predicted octanol–water partition coefficient (Wildman–Crippen LogP) is 4.01. The Morgan fingerprint density at radius 2 is 1.36 bits per heavy atom. The molecule has 1 rings (SSSR count). The third-order valence-corrected chi connectivity index (χ3v) is 4.88. The lowest BCUT2D eigenvalue weighted by molar-refractivity contribution is 0.135. The number of alkyl halides is 4. The first kappa shape index (κ1) is 10.4. The molecule has 1 aliphatic carbocycles. The first-order chi connectivity index (χ1) is 5.09. The van der Waals surface area contributed by atoms with E-state index in [-0.39, 0.29) is 0 Å². The zero-order valence-electron chi connectivity index (χ0n) is 5.99. The summed E-state index contributed by atoms with van der Waals surface area (Å²) in [5, 5.41) is 0. The molecule has 0 radical (unpaired) electrons. The fourth-order valence-electron chi connectivity index (χ4n) is 1.56. The lowest BCUT2D eigenvalue weighted by Gasteiger charge is -2.29. The van der Waals surface area contributed by atoms with Crippen molar-refractivity contribution in [1.82, 2.24) is 0 Å². The molecule has 4 heteroatoms. The monoisotopic (exact) mass is 386 g/mol. The van der Waals surface area contributed by atoms with E-state index >= 15 is 0 Å². The minimum atomic E-state index is -1.03. The Labute approximate surface area is 92.8 Å². The van der Waals surface area contributed by atoms with Crippen molar-refractivity contribution < 1.29 is 8.78 Å². The summed E-state index contributed by atoms with van der Waals surface area (Å²) in [6.07, 6.45) is 3.38. The van der Waals surface area contributed by atoms with E-state index in [4.69, 9.17) is 0 Å². The van der Waals surface area contributed by atoms with Crippen molar-refractivity contribution in [3.05, 3.63) is 0 Å². The van der Waals surface area contributed by atoms with Gasteiger partial charge in [-0.15, -0.1) is 0 Å². The molecule has 0 aliphatic heterocycles. The average molecular weight is 386 g/mol. The first-order valence-corrected chi connectivity index (χ1v) is 6.15. The smallest absolute Gasteiger partial charge is 0.160 e. The topological polar surface area (TPSA) is 0 Å². The van der Waals surface area contributed by atoms with Gasteiger partial charge in [-0.2, -0.15) is 0 Å². The molecule has 0 aromatic carbocycles. The van der Waals surface area contributed by atoms with Gasteiger partial charge in [-0.25, -0.2) is 8.78 Å². The van der Waals surface area contributed by atoms with Crippen LogP contribution in [0.2, 0.25) is 0 Å². The van der Waals surface area contributed by atoms with Crippen molar-refractivity contribution in [3.8, 4) is 0 Å². The number of halogens is 4. The van der Waals surface area contributed by atoms with Gasteiger partial charge in [0.2, 0.25) is 0 Å². The van der Waals surface area contributed by atoms with Gasteiger partial charge in [0.1, 0.15) is 0 Å². The summed E-state index contributed by atoms with van der Waals surface area (Å²) < 4.78 is 24.0. The van der Waals surface area contributed by atoms with E-state index in [0.29, 0.717) is 12.8 Å². The van der Waals surface area contributed by atoms with Gasteiger partial charge in [-0.3, -0.25) is 0 Å². The largest absolute Gasteiger partial charge is 0.235 e. The fourth-order valence-corrected chi connectivity index (χ4v) is 4.13. The summed E-state index contributed by atoms with van der Waals surface area (Å²) in [4.78, 5) is 0. The van der Waals surface area contributed by atoms with Crippen LogP contribution in [-0.4, -0.2) is 8.36 Å². The highest BCUT2D eigenvalue weighted by Gasteiger charge is 2.46. The molecule has 1 fully saturated rings. The van der Waals surface area contributed by atoms with Crippen LogP contribution in [0.3, 0.4) is 0 Å². The molecule has 0 saturated heterocycles. The molecular formula is C7H10F2I2. The van der Waals surface area contributed by atoms with Crippen molar-refractivity contribution in [3.63, 3.8) is 0 Å². The van der Waals surface area contributed by atoms with Crippen LogP contribution in [0.1, 0.15) is 25.7 Å². The highest BCUT2D eigenvalue weighted by atomic mass is 127. The molecule has 0 N–H and O–H groups in total. The van der Waals surface area contributed by atoms with Gasteiger partial charge in [0.05, 0.1) is 5.41 Å². The standard InChI is InChI=1S/C7H10F2I2/c8-5(10)7(6(9)11)3-1-2-4-7/h5-6H,1-4H2. The summed E-state index contributed by atoms with van der Waals surface area (Å²) in [5.74, 6) is 0. The Morgan fingerprint density at radius 1 is 1.00 bits per heavy atom. The lowest BCUT2D eigenvalue weighted by Crippen LogP contribution is -2.31. The van der Waals surface area contributed by atoms with E-state index in [9.17, 15) is 8.78 Å². The lowest BCUT2D eigenvalue weighted by atomic mass is 9.90. The van der Waals surface area contributed by atoms with Gasteiger partial charge in [-0.05, 0) is 58.0 Å². The van der Waals surface area contributed by atoms with E-state index in [1.807, 2.05) is 0 Å². The number of rotatable bonds is 2. The van der Waals surface area contributed by atoms with Crippen molar-refractivity contribution >= 4 is 45.2 Å². The molecule has 2 atom stereocenters. The molecule has 2 unspecified atom stereocenters. The Bertz CT molecular complexity index is 120. The second-order valence-electron chi connectivity index (χ2n) is 3.04. The van der Waals surface area contributed by atoms with Crippen LogP contribution >= 0.6 is 45.2 Å². The molecule has 0 amide bonds. The molecule has 0 bridgehead atoms. The van der Waals surface area contributed by atoms with Crippen molar-refractivity contribution in [2.75, 3.05) is 0 Å². The second kappa shape index (κ2) is 4.02. The Morgan fingerprint density at radius 3 is 1.55 bits per heavy atom. The molecular weight excluding hydrogens is 376 g/mol. The third-order valence-electron chi connectivity index (χ3n) is 2.40. The Kier molecular flexibility index (Phi) is 3.80. The predicted molar refractivity (Wildman–Crippen MR) is 58.7 cm³/mol. The van der Waals surface area contributed by atoms with Gasteiger partial charge < -0.3 is 0 Å². The normalized spacial score (nSPS) is 28.4. The maximum atomic E-state index is 13.1. The van der Waals surface area contributed by atoms with Crippen molar-refractivity contribution in [2.24, 2.45) is 5.41 Å². The summed E-state index contributed by atoms with van der Waals surface area (Å²) >= 11 is 3.40. The van der Waals surface area contributed by atoms with E-state index in [1.165, 1.54) is 0 Å². The highest BCUT2D eigenvalue weighted by Crippen LogP contribution is 2.50. The Balaban J connectivity index is 2.70. The first-order valence-electron chi connectivity index (χ1n) is 3.66. The highest BCUT2D eigenvalue weighted by molar-refractivity contribution is 14.1. The van der Waals surface area contributed by atoms with Crippen LogP contribution in [0.5, 0.6) is 0 Å². The minimum absolute atomic E-state index is 0.666. The fraction of sp³-hybridized carbons (Fsp3) is 1.00. The quantitative estimate of drug-likeness (QED) is 0.497. The van der Waals surface area contributed by atoms with Gasteiger partial charge in [0.15, 0.2) is 8.36 Å². The molecule has 0 spiro atoms. The second-order valence-corrected chi connectivity index (χ2v) is 5.23. The maximum Gasteiger partial charge on any atom is 0.160 e. The van der Waals surface area contributed by atoms with E-state index in [2.05, 4.69) is 0 Å². The van der Waals surface area contributed by atoms with Gasteiger partial charge in [0, 0.05) is 0 Å². The molecule has 0 aromatic rings. The van der Waals surface area contributed by atoms with Crippen LogP contribution in [-0.2, 0) is 0 Å². The van der Waals surface area contributed by atoms with Crippen molar-refractivity contribution in [2.45, 2.75) is 34.0 Å². The number of hydrogen-bond donors (Lipinski definition) is 0. The Hall–Kier alpha value is 1.32. The van der Waals surface area contributed by atoms with Gasteiger partial charge >= 0.3 is 0 Å². The van der Waals surface area contributed by atoms with E-state index in [1.54, 1.807) is 45.2 Å². The summed E-state index contributed by atoms with van der Waals surface area (Å²) in [6, 6.07) is 0. The molecule has 11 heavy (non-hydrogen) atoms. The third kappa shape index (κ3) is 1.97. The number of hydrogen-bond acceptors (Lipinski definition) is 0. The molecule has 0 heterocycles. The minimum Gasteiger partial charge on any atom is -0.235 e. The SMILES string of the molecule is FC(I)C1(C(F)I)CCCC1. The molecule has 1 aliphatic rings. The molecule has 0 nitrogen and oxygen atoms in total. The van der Waals surface area contributed by atoms with Crippen LogP contribution in [0.15, 0.2) is 0 Å². The molecule has 1 saturated carbocycles. The zero-order chi connectivity index (χ0) is 8.48. The van der Waals surface area contributed by atoms with Crippen molar-refractivity contribution in [1.29, 1.82) is 0 Å². The van der Waals surface area contributed by atoms with Crippen LogP contribution in [0.25, 0.3) is 0 Å². The summed E-state index contributed by atoms with van der Waals surface area (Å²) in [7, 11) is 0. The van der Waals surface area contributed by atoms with Crippen LogP contribution < -0.4 is 0 Å². The van der Waals surface area contributed by atoms with Crippen LogP contribution in [0, 0.1) is 5.41 Å². The van der Waals surface area contributed by atoms with Crippen LogP contribution in [0.4, 0.5) is 8.78 Å². The zero-order valence-corrected chi connectivity index (χ0v) is 10.3. The maximum absolute atomic E-state index is 13.1. The van der Waals surface area contributed by atoms with Gasteiger partial charge in [-0.1, -0.05) is 12.8 Å². The summed E-state index contributed by atoms with van der Waals surface area (Å²) in [5.41, 5.74) is -0.666. The average Bonchev–Trinajstić information content (AvgIpc) is 2.34. The van der Waals surface area contributed by atoms with E-state index in [0.717, 1.165) is 12.8 Å². The van der Waals surface area contributed by atoms with E-state index < -0.39 is 13.8 Å². The summed E-state index contributed by atoms with van der Waals surface area (Å²) in [6.45, 7) is 0. The van der Waals surface area contributed by atoms with Gasteiger partial charge in [0.25, 0.3) is 0 Å². The molecule has 0 aromatic heterocycles. The molecule has 66 valence electrons.